The highest BCUT2D eigenvalue weighted by atomic mass is 16.1. The van der Waals surface area contributed by atoms with Crippen LogP contribution in [-0.2, 0) is 30.8 Å². The molecule has 0 aliphatic carbocycles. The second-order valence-electron chi connectivity index (χ2n) is 6.58. The number of rotatable bonds is 5. The zero-order valence-corrected chi connectivity index (χ0v) is 14.8. The first kappa shape index (κ1) is 16.7. The Bertz CT molecular complexity index is 948. The molecular weight excluding hydrogens is 328 g/mol. The number of nitrogens with zero attached hydrogens (tertiary/aromatic N) is 4. The van der Waals surface area contributed by atoms with Crippen LogP contribution in [0.15, 0.2) is 30.6 Å². The standard InChI is InChI=1S/C19H22N6O/c1-13-14(9-15-3-2-6-21-19(15)24-13)4-5-18(26)22-10-16-11-23-25-8-7-20-12-17(16)25/h2-3,6,9,11,20H,4-5,7-8,10,12H2,1H3,(H,22,26). The average Bonchev–Trinajstić information content (AvgIpc) is 3.08. The predicted molar refractivity (Wildman–Crippen MR) is 98.4 cm³/mol. The Kier molecular flexibility index (Phi) is 4.62. The largest absolute Gasteiger partial charge is 0.352 e. The Hall–Kier alpha value is -2.80. The smallest absolute Gasteiger partial charge is 0.220 e. The molecule has 0 saturated carbocycles. The van der Waals surface area contributed by atoms with E-state index in [1.807, 2.05) is 29.9 Å². The molecule has 0 bridgehead atoms. The lowest BCUT2D eigenvalue weighted by molar-refractivity contribution is -0.121. The fourth-order valence-corrected chi connectivity index (χ4v) is 3.31. The number of aromatic nitrogens is 4. The predicted octanol–water partition coefficient (Wildman–Crippen LogP) is 1.49. The van der Waals surface area contributed by atoms with Gasteiger partial charge in [-0.3, -0.25) is 9.48 Å². The Labute approximate surface area is 151 Å². The molecule has 1 aliphatic rings. The van der Waals surface area contributed by atoms with E-state index in [4.69, 9.17) is 0 Å². The molecular formula is C19H22N6O. The molecule has 0 aromatic carbocycles. The monoisotopic (exact) mass is 350 g/mol. The van der Waals surface area contributed by atoms with Gasteiger partial charge in [0.25, 0.3) is 0 Å². The highest BCUT2D eigenvalue weighted by Gasteiger charge is 2.15. The number of nitrogens with one attached hydrogen (secondary N) is 2. The normalized spacial score (nSPS) is 13.6. The van der Waals surface area contributed by atoms with Gasteiger partial charge < -0.3 is 10.6 Å². The molecule has 7 nitrogen and oxygen atoms in total. The first-order valence-electron chi connectivity index (χ1n) is 8.93. The van der Waals surface area contributed by atoms with Crippen molar-refractivity contribution in [3.8, 4) is 0 Å². The Balaban J connectivity index is 1.35. The number of fused-ring (bicyclic) bond motifs is 2. The first-order chi connectivity index (χ1) is 12.7. The van der Waals surface area contributed by atoms with Gasteiger partial charge in [-0.05, 0) is 37.1 Å². The van der Waals surface area contributed by atoms with Crippen molar-refractivity contribution >= 4 is 16.9 Å². The molecule has 7 heteroatoms. The van der Waals surface area contributed by atoms with Crippen molar-refractivity contribution in [3.63, 3.8) is 0 Å². The molecule has 0 saturated heterocycles. The van der Waals surface area contributed by atoms with Crippen molar-refractivity contribution in [2.24, 2.45) is 0 Å². The number of hydrogen-bond acceptors (Lipinski definition) is 5. The maximum atomic E-state index is 12.3. The van der Waals surface area contributed by atoms with E-state index in [1.165, 1.54) is 5.69 Å². The van der Waals surface area contributed by atoms with Crippen LogP contribution in [0.4, 0.5) is 0 Å². The molecule has 4 heterocycles. The van der Waals surface area contributed by atoms with Crippen molar-refractivity contribution in [1.82, 2.24) is 30.4 Å². The maximum absolute atomic E-state index is 12.3. The molecule has 1 amide bonds. The summed E-state index contributed by atoms with van der Waals surface area (Å²) < 4.78 is 2.01. The summed E-state index contributed by atoms with van der Waals surface area (Å²) in [6, 6.07) is 5.98. The Morgan fingerprint density at radius 1 is 1.38 bits per heavy atom. The molecule has 3 aromatic heterocycles. The quantitative estimate of drug-likeness (QED) is 0.728. The summed E-state index contributed by atoms with van der Waals surface area (Å²) >= 11 is 0. The first-order valence-corrected chi connectivity index (χ1v) is 8.93. The molecule has 0 unspecified atom stereocenters. The highest BCUT2D eigenvalue weighted by Crippen LogP contribution is 2.16. The number of carbonyl (C=O) groups excluding carboxylic acids is 1. The van der Waals surface area contributed by atoms with Crippen LogP contribution in [0.5, 0.6) is 0 Å². The summed E-state index contributed by atoms with van der Waals surface area (Å²) in [6.07, 6.45) is 4.71. The minimum Gasteiger partial charge on any atom is -0.352 e. The summed E-state index contributed by atoms with van der Waals surface area (Å²) in [6.45, 7) is 5.12. The van der Waals surface area contributed by atoms with E-state index in [0.717, 1.165) is 47.5 Å². The fourth-order valence-electron chi connectivity index (χ4n) is 3.31. The molecule has 0 spiro atoms. The van der Waals surface area contributed by atoms with Crippen LogP contribution in [0.1, 0.15) is 28.9 Å². The number of hydrogen-bond donors (Lipinski definition) is 2. The van der Waals surface area contributed by atoms with E-state index in [2.05, 4.69) is 31.8 Å². The number of aryl methyl sites for hydroxylation is 2. The second-order valence-corrected chi connectivity index (χ2v) is 6.58. The lowest BCUT2D eigenvalue weighted by Crippen LogP contribution is -2.30. The number of carbonyl (C=O) groups is 1. The van der Waals surface area contributed by atoms with Gasteiger partial charge in [0.05, 0.1) is 18.4 Å². The van der Waals surface area contributed by atoms with Crippen molar-refractivity contribution in [2.45, 2.75) is 39.4 Å². The van der Waals surface area contributed by atoms with Gasteiger partial charge in [0, 0.05) is 48.9 Å². The van der Waals surface area contributed by atoms with Crippen LogP contribution in [0.3, 0.4) is 0 Å². The van der Waals surface area contributed by atoms with Crippen LogP contribution < -0.4 is 10.6 Å². The summed E-state index contributed by atoms with van der Waals surface area (Å²) in [5.74, 6) is 0.0411. The fraction of sp³-hybridized carbons (Fsp3) is 0.368. The SMILES string of the molecule is Cc1nc2ncccc2cc1CCC(=O)NCc1cnn2c1CNCC2. The molecule has 2 N–H and O–H groups in total. The number of amides is 1. The third-order valence-corrected chi connectivity index (χ3v) is 4.81. The highest BCUT2D eigenvalue weighted by molar-refractivity contribution is 5.77. The minimum absolute atomic E-state index is 0.0411. The van der Waals surface area contributed by atoms with Crippen molar-refractivity contribution in [3.05, 3.63) is 53.1 Å². The Morgan fingerprint density at radius 2 is 2.31 bits per heavy atom. The summed E-state index contributed by atoms with van der Waals surface area (Å²) in [7, 11) is 0. The van der Waals surface area contributed by atoms with Crippen LogP contribution >= 0.6 is 0 Å². The molecule has 134 valence electrons. The second kappa shape index (κ2) is 7.21. The van der Waals surface area contributed by atoms with Crippen molar-refractivity contribution in [2.75, 3.05) is 6.54 Å². The molecule has 0 radical (unpaired) electrons. The van der Waals surface area contributed by atoms with E-state index in [0.29, 0.717) is 19.4 Å². The summed E-state index contributed by atoms with van der Waals surface area (Å²) in [4.78, 5) is 21.1. The third kappa shape index (κ3) is 3.43. The van der Waals surface area contributed by atoms with Gasteiger partial charge in [-0.25, -0.2) is 9.97 Å². The third-order valence-electron chi connectivity index (χ3n) is 4.81. The van der Waals surface area contributed by atoms with Crippen LogP contribution in [-0.4, -0.2) is 32.2 Å². The molecule has 1 aliphatic heterocycles. The molecule has 3 aromatic rings. The number of pyridine rings is 2. The van der Waals surface area contributed by atoms with Gasteiger partial charge in [0.15, 0.2) is 5.65 Å². The van der Waals surface area contributed by atoms with Crippen molar-refractivity contribution in [1.29, 1.82) is 0 Å². The van der Waals surface area contributed by atoms with E-state index in [1.54, 1.807) is 6.20 Å². The molecule has 0 fully saturated rings. The van der Waals surface area contributed by atoms with Crippen molar-refractivity contribution < 1.29 is 4.79 Å². The summed E-state index contributed by atoms with van der Waals surface area (Å²) in [5, 5.41) is 11.7. The van der Waals surface area contributed by atoms with Crippen LogP contribution in [0.2, 0.25) is 0 Å². The van der Waals surface area contributed by atoms with E-state index < -0.39 is 0 Å². The maximum Gasteiger partial charge on any atom is 0.220 e. The topological polar surface area (TPSA) is 84.7 Å². The molecule has 26 heavy (non-hydrogen) atoms. The van der Waals surface area contributed by atoms with Gasteiger partial charge in [-0.2, -0.15) is 5.10 Å². The zero-order chi connectivity index (χ0) is 17.9. The lowest BCUT2D eigenvalue weighted by Gasteiger charge is -2.16. The van der Waals surface area contributed by atoms with E-state index >= 15 is 0 Å². The lowest BCUT2D eigenvalue weighted by atomic mass is 10.1. The Morgan fingerprint density at radius 3 is 3.23 bits per heavy atom. The summed E-state index contributed by atoms with van der Waals surface area (Å²) in [5.41, 5.74) is 5.02. The zero-order valence-electron chi connectivity index (χ0n) is 14.8. The van der Waals surface area contributed by atoms with Gasteiger partial charge in [0.1, 0.15) is 0 Å². The van der Waals surface area contributed by atoms with Gasteiger partial charge >= 0.3 is 0 Å². The van der Waals surface area contributed by atoms with E-state index in [9.17, 15) is 4.79 Å². The van der Waals surface area contributed by atoms with Gasteiger partial charge in [0.2, 0.25) is 5.91 Å². The molecule has 0 atom stereocenters. The molecule has 4 rings (SSSR count). The van der Waals surface area contributed by atoms with Gasteiger partial charge in [-0.15, -0.1) is 0 Å². The van der Waals surface area contributed by atoms with Gasteiger partial charge in [-0.1, -0.05) is 0 Å². The average molecular weight is 350 g/mol. The van der Waals surface area contributed by atoms with Crippen LogP contribution in [0, 0.1) is 6.92 Å². The van der Waals surface area contributed by atoms with Crippen LogP contribution in [0.25, 0.3) is 11.0 Å². The van der Waals surface area contributed by atoms with E-state index in [-0.39, 0.29) is 5.91 Å². The minimum atomic E-state index is 0.0411.